The van der Waals surface area contributed by atoms with Gasteiger partial charge in [-0.05, 0) is 26.3 Å². The molecule has 0 saturated carbocycles. The van der Waals surface area contributed by atoms with E-state index < -0.39 is 75.1 Å². The van der Waals surface area contributed by atoms with E-state index in [1.165, 1.54) is 6.92 Å². The molecule has 12 heteroatoms. The van der Waals surface area contributed by atoms with Gasteiger partial charge in [0.25, 0.3) is 0 Å². The maximum atomic E-state index is 10.1. The minimum Gasteiger partial charge on any atom is -0.394 e. The summed E-state index contributed by atoms with van der Waals surface area (Å²) in [7, 11) is 0. The number of hydrogen-bond donors (Lipinski definition) is 8. The van der Waals surface area contributed by atoms with Crippen molar-refractivity contribution in [3.63, 3.8) is 0 Å². The fourth-order valence-electron chi connectivity index (χ4n) is 3.08. The minimum absolute atomic E-state index is 0.256. The number of nitrogens with two attached hydrogens (primary N) is 1. The summed E-state index contributed by atoms with van der Waals surface area (Å²) in [4.78, 5) is 0. The Morgan fingerprint density at radius 3 is 2.19 bits per heavy atom. The second kappa shape index (κ2) is 15.4. The molecule has 0 aromatic heterocycles. The van der Waals surface area contributed by atoms with Crippen LogP contribution in [0.15, 0.2) is 0 Å². The lowest BCUT2D eigenvalue weighted by atomic mass is 9.99. The quantitative estimate of drug-likeness (QED) is 0.0851. The van der Waals surface area contributed by atoms with Crippen LogP contribution in [0, 0.1) is 0 Å². The molecule has 0 bridgehead atoms. The Hall–Kier alpha value is -0.480. The molecule has 1 heterocycles. The molecule has 1 rings (SSSR count). The SMILES string of the molecule is C[C@H](O[C@@H]1OC(CO)[C@H](O)C(O)[C@@H]1O)C(CO)O[C@@H](OCCCCCCN)[C@@H](O)CO. The van der Waals surface area contributed by atoms with E-state index in [1.54, 1.807) is 0 Å². The number of unbranched alkanes of at least 4 members (excludes halogenated alkanes) is 3. The van der Waals surface area contributed by atoms with Gasteiger partial charge in [0, 0.05) is 6.61 Å². The molecule has 1 fully saturated rings. The van der Waals surface area contributed by atoms with E-state index in [-0.39, 0.29) is 6.61 Å². The van der Waals surface area contributed by atoms with Crippen LogP contribution in [-0.2, 0) is 18.9 Å². The summed E-state index contributed by atoms with van der Waals surface area (Å²) in [6, 6.07) is 0. The summed E-state index contributed by atoms with van der Waals surface area (Å²) in [5.74, 6) is 0. The first-order valence-electron chi connectivity index (χ1n) is 10.6. The van der Waals surface area contributed by atoms with Crippen molar-refractivity contribution < 1.29 is 54.7 Å². The van der Waals surface area contributed by atoms with Crippen molar-refractivity contribution >= 4 is 0 Å². The van der Waals surface area contributed by atoms with Crippen LogP contribution < -0.4 is 5.73 Å². The van der Waals surface area contributed by atoms with Gasteiger partial charge in [-0.3, -0.25) is 0 Å². The Balaban J connectivity index is 2.65. The predicted octanol–water partition coefficient (Wildman–Crippen LogP) is -3.22. The van der Waals surface area contributed by atoms with Crippen molar-refractivity contribution in [1.82, 2.24) is 0 Å². The van der Waals surface area contributed by atoms with E-state index in [1.807, 2.05) is 0 Å². The molecule has 186 valence electrons. The van der Waals surface area contributed by atoms with Gasteiger partial charge in [0.15, 0.2) is 12.6 Å². The van der Waals surface area contributed by atoms with E-state index in [0.29, 0.717) is 13.0 Å². The third-order valence-corrected chi connectivity index (χ3v) is 5.09. The number of rotatable bonds is 16. The van der Waals surface area contributed by atoms with Crippen molar-refractivity contribution in [3.8, 4) is 0 Å². The lowest BCUT2D eigenvalue weighted by Gasteiger charge is -2.41. The van der Waals surface area contributed by atoms with Gasteiger partial charge >= 0.3 is 0 Å². The van der Waals surface area contributed by atoms with Crippen molar-refractivity contribution in [1.29, 1.82) is 0 Å². The summed E-state index contributed by atoms with van der Waals surface area (Å²) >= 11 is 0. The van der Waals surface area contributed by atoms with Crippen molar-refractivity contribution in [3.05, 3.63) is 0 Å². The highest BCUT2D eigenvalue weighted by molar-refractivity contribution is 4.89. The van der Waals surface area contributed by atoms with Crippen LogP contribution in [0.2, 0.25) is 0 Å². The molecule has 1 aliphatic rings. The van der Waals surface area contributed by atoms with Gasteiger partial charge in [-0.25, -0.2) is 0 Å². The van der Waals surface area contributed by atoms with Crippen LogP contribution >= 0.6 is 0 Å². The number of aliphatic hydroxyl groups excluding tert-OH is 7. The molecule has 12 nitrogen and oxygen atoms in total. The van der Waals surface area contributed by atoms with Gasteiger partial charge in [0.2, 0.25) is 0 Å². The molecule has 1 aliphatic heterocycles. The number of aliphatic hydroxyl groups is 7. The van der Waals surface area contributed by atoms with Crippen LogP contribution in [0.25, 0.3) is 0 Å². The first-order valence-corrected chi connectivity index (χ1v) is 10.6. The van der Waals surface area contributed by atoms with Gasteiger partial charge in [-0.2, -0.15) is 0 Å². The Kier molecular flexibility index (Phi) is 14.2. The van der Waals surface area contributed by atoms with Gasteiger partial charge in [-0.15, -0.1) is 0 Å². The van der Waals surface area contributed by atoms with E-state index in [9.17, 15) is 35.7 Å². The molecule has 9 atom stereocenters. The Morgan fingerprint density at radius 1 is 0.935 bits per heavy atom. The second-order valence-corrected chi connectivity index (χ2v) is 7.59. The lowest BCUT2D eigenvalue weighted by Crippen LogP contribution is -2.60. The molecular weight excluding hydrogens is 418 g/mol. The molecule has 1 saturated heterocycles. The summed E-state index contributed by atoms with van der Waals surface area (Å²) in [6.45, 7) is 0.582. The van der Waals surface area contributed by atoms with Crippen molar-refractivity contribution in [2.45, 2.75) is 87.9 Å². The average molecular weight is 458 g/mol. The third kappa shape index (κ3) is 9.12. The number of hydrogen-bond acceptors (Lipinski definition) is 12. The van der Waals surface area contributed by atoms with E-state index in [4.69, 9.17) is 24.7 Å². The zero-order valence-electron chi connectivity index (χ0n) is 17.9. The smallest absolute Gasteiger partial charge is 0.187 e. The molecule has 3 unspecified atom stereocenters. The van der Waals surface area contributed by atoms with Gasteiger partial charge in [0.1, 0.15) is 36.6 Å². The summed E-state index contributed by atoms with van der Waals surface area (Å²) in [5.41, 5.74) is 5.44. The van der Waals surface area contributed by atoms with E-state index >= 15 is 0 Å². The molecule has 9 N–H and O–H groups in total. The maximum absolute atomic E-state index is 10.1. The molecule has 31 heavy (non-hydrogen) atoms. The number of ether oxygens (including phenoxy) is 4. The maximum Gasteiger partial charge on any atom is 0.187 e. The highest BCUT2D eigenvalue weighted by Crippen LogP contribution is 2.24. The third-order valence-electron chi connectivity index (χ3n) is 5.09. The Bertz CT molecular complexity index is 459. The van der Waals surface area contributed by atoms with Crippen LogP contribution in [0.4, 0.5) is 0 Å². The Morgan fingerprint density at radius 2 is 1.61 bits per heavy atom. The van der Waals surface area contributed by atoms with Crippen LogP contribution in [0.1, 0.15) is 32.6 Å². The van der Waals surface area contributed by atoms with Gasteiger partial charge < -0.3 is 60.4 Å². The molecule has 0 aromatic carbocycles. The fourth-order valence-corrected chi connectivity index (χ4v) is 3.08. The van der Waals surface area contributed by atoms with Crippen LogP contribution in [0.3, 0.4) is 0 Å². The highest BCUT2D eigenvalue weighted by atomic mass is 16.7. The van der Waals surface area contributed by atoms with Gasteiger partial charge in [0.05, 0.1) is 25.9 Å². The lowest BCUT2D eigenvalue weighted by molar-refractivity contribution is -0.324. The fraction of sp³-hybridized carbons (Fsp3) is 1.00. The summed E-state index contributed by atoms with van der Waals surface area (Å²) < 4.78 is 21.9. The molecule has 0 radical (unpaired) electrons. The molecule has 0 aromatic rings. The highest BCUT2D eigenvalue weighted by Gasteiger charge is 2.45. The minimum atomic E-state index is -1.61. The second-order valence-electron chi connectivity index (χ2n) is 7.59. The molecule has 0 amide bonds. The van der Waals surface area contributed by atoms with Crippen LogP contribution in [-0.4, -0.2) is 124 Å². The summed E-state index contributed by atoms with van der Waals surface area (Å²) in [5, 5.41) is 68.0. The standard InChI is InChI=1S/C19H39NO11/c1-11(29-19-17(27)16(26)15(25)14(10-23)31-19)13(9-22)30-18(12(24)8-21)28-7-5-3-2-4-6-20/h11-19,21-27H,2-10,20H2,1H3/t11-,12-,13?,14?,15-,16?,17-,18+,19+/m0/s1. The van der Waals surface area contributed by atoms with E-state index in [0.717, 1.165) is 19.3 Å². The first kappa shape index (κ1) is 28.6. The predicted molar refractivity (Wildman–Crippen MR) is 107 cm³/mol. The Labute approximate surface area is 182 Å². The normalized spacial score (nSPS) is 30.7. The summed E-state index contributed by atoms with van der Waals surface area (Å²) in [6.07, 6.45) is -8.45. The average Bonchev–Trinajstić information content (AvgIpc) is 2.77. The topological polar surface area (TPSA) is 205 Å². The molecule has 0 aliphatic carbocycles. The van der Waals surface area contributed by atoms with Crippen LogP contribution in [0.5, 0.6) is 0 Å². The van der Waals surface area contributed by atoms with Crippen molar-refractivity contribution in [2.75, 3.05) is 33.0 Å². The van der Waals surface area contributed by atoms with Gasteiger partial charge in [-0.1, -0.05) is 12.8 Å². The van der Waals surface area contributed by atoms with Crippen molar-refractivity contribution in [2.24, 2.45) is 5.73 Å². The van der Waals surface area contributed by atoms with E-state index in [2.05, 4.69) is 0 Å². The first-order chi connectivity index (χ1) is 14.8. The zero-order valence-corrected chi connectivity index (χ0v) is 17.9. The molecular formula is C19H39NO11. The monoisotopic (exact) mass is 457 g/mol. The molecule has 0 spiro atoms. The zero-order chi connectivity index (χ0) is 23.4. The largest absolute Gasteiger partial charge is 0.394 e.